The van der Waals surface area contributed by atoms with Gasteiger partial charge in [-0.1, -0.05) is 0 Å². The number of rotatable bonds is 4. The van der Waals surface area contributed by atoms with E-state index in [2.05, 4.69) is 40.1 Å². The third-order valence-corrected chi connectivity index (χ3v) is 5.17. The summed E-state index contributed by atoms with van der Waals surface area (Å²) >= 11 is 0. The van der Waals surface area contributed by atoms with Crippen molar-refractivity contribution >= 4 is 10.9 Å². The fraction of sp³-hybridized carbons (Fsp3) is 0.350. The minimum absolute atomic E-state index is 0.602. The number of methoxy groups -OCH3 is 1. The summed E-state index contributed by atoms with van der Waals surface area (Å²) in [6, 6.07) is 11.0. The van der Waals surface area contributed by atoms with E-state index in [-0.39, 0.29) is 0 Å². The van der Waals surface area contributed by atoms with Gasteiger partial charge in [0.1, 0.15) is 5.75 Å². The van der Waals surface area contributed by atoms with Crippen molar-refractivity contribution in [1.82, 2.24) is 14.9 Å². The van der Waals surface area contributed by atoms with E-state index in [1.165, 1.54) is 36.0 Å². The van der Waals surface area contributed by atoms with Crippen molar-refractivity contribution in [3.8, 4) is 17.0 Å². The molecule has 1 atom stereocenters. The van der Waals surface area contributed by atoms with Gasteiger partial charge in [-0.25, -0.2) is 0 Å². The Morgan fingerprint density at radius 3 is 2.96 bits per heavy atom. The van der Waals surface area contributed by atoms with E-state index in [0.29, 0.717) is 6.04 Å². The van der Waals surface area contributed by atoms with Gasteiger partial charge in [0, 0.05) is 34.9 Å². The Bertz CT molecular complexity index is 841. The number of fused-ring (bicyclic) bond motifs is 1. The monoisotopic (exact) mass is 321 g/mol. The first kappa shape index (κ1) is 15.2. The fourth-order valence-electron chi connectivity index (χ4n) is 3.80. The van der Waals surface area contributed by atoms with Crippen LogP contribution in [0.2, 0.25) is 0 Å². The summed E-state index contributed by atoms with van der Waals surface area (Å²) in [5.41, 5.74) is 4.86. The largest absolute Gasteiger partial charge is 0.497 e. The Hall–Kier alpha value is -2.33. The smallest absolute Gasteiger partial charge is 0.119 e. The molecule has 0 radical (unpaired) electrons. The molecule has 0 amide bonds. The molecule has 124 valence electrons. The van der Waals surface area contributed by atoms with Crippen LogP contribution < -0.4 is 4.74 Å². The molecule has 1 fully saturated rings. The van der Waals surface area contributed by atoms with Crippen LogP contribution in [0.25, 0.3) is 22.2 Å². The van der Waals surface area contributed by atoms with E-state index in [0.717, 1.165) is 23.3 Å². The minimum Gasteiger partial charge on any atom is -0.497 e. The number of aromatic amines is 1. The highest BCUT2D eigenvalue weighted by atomic mass is 16.5. The summed E-state index contributed by atoms with van der Waals surface area (Å²) in [6.45, 7) is 1.19. The molecule has 0 unspecified atom stereocenters. The number of nitrogens with one attached hydrogen (secondary N) is 1. The molecule has 1 saturated heterocycles. The van der Waals surface area contributed by atoms with Crippen LogP contribution in [0.1, 0.15) is 18.4 Å². The SMILES string of the molecule is COc1ccc2[nH]c(-c3cccnc3)c(C[C@H]3CCCN3C)c2c1. The van der Waals surface area contributed by atoms with Crippen LogP contribution in [0, 0.1) is 0 Å². The summed E-state index contributed by atoms with van der Waals surface area (Å²) in [5.74, 6) is 0.903. The number of H-pyrrole nitrogens is 1. The molecule has 0 aliphatic carbocycles. The molecular weight excluding hydrogens is 298 g/mol. The van der Waals surface area contributed by atoms with Gasteiger partial charge in [0.05, 0.1) is 12.8 Å². The van der Waals surface area contributed by atoms with Crippen molar-refractivity contribution in [2.75, 3.05) is 20.7 Å². The van der Waals surface area contributed by atoms with E-state index >= 15 is 0 Å². The van der Waals surface area contributed by atoms with E-state index in [1.807, 2.05) is 24.5 Å². The Morgan fingerprint density at radius 2 is 2.25 bits per heavy atom. The van der Waals surface area contributed by atoms with E-state index in [4.69, 9.17) is 4.74 Å². The quantitative estimate of drug-likeness (QED) is 0.793. The number of hydrogen-bond acceptors (Lipinski definition) is 3. The first-order valence-corrected chi connectivity index (χ1v) is 8.55. The van der Waals surface area contributed by atoms with E-state index < -0.39 is 0 Å². The fourth-order valence-corrected chi connectivity index (χ4v) is 3.80. The molecule has 2 aromatic heterocycles. The molecule has 1 aliphatic heterocycles. The molecule has 3 heterocycles. The molecule has 1 aromatic carbocycles. The molecular formula is C20H23N3O. The number of pyridine rings is 1. The molecule has 3 aromatic rings. The molecule has 1 aliphatic rings. The van der Waals surface area contributed by atoms with Crippen LogP contribution in [0.15, 0.2) is 42.7 Å². The van der Waals surface area contributed by atoms with Gasteiger partial charge < -0.3 is 14.6 Å². The zero-order valence-electron chi connectivity index (χ0n) is 14.2. The van der Waals surface area contributed by atoms with Gasteiger partial charge >= 0.3 is 0 Å². The van der Waals surface area contributed by atoms with Crippen LogP contribution in [-0.4, -0.2) is 41.6 Å². The molecule has 1 N–H and O–H groups in total. The van der Waals surface area contributed by atoms with Gasteiger partial charge in [0.25, 0.3) is 0 Å². The summed E-state index contributed by atoms with van der Waals surface area (Å²) in [7, 11) is 3.96. The maximum Gasteiger partial charge on any atom is 0.119 e. The lowest BCUT2D eigenvalue weighted by molar-refractivity contribution is 0.310. The highest BCUT2D eigenvalue weighted by Crippen LogP contribution is 2.34. The number of likely N-dealkylation sites (N-methyl/N-ethyl adjacent to an activating group) is 1. The predicted octanol–water partition coefficient (Wildman–Crippen LogP) is 3.88. The Labute approximate surface area is 142 Å². The van der Waals surface area contributed by atoms with Crippen molar-refractivity contribution in [3.05, 3.63) is 48.3 Å². The third-order valence-electron chi connectivity index (χ3n) is 5.17. The van der Waals surface area contributed by atoms with Crippen molar-refractivity contribution in [3.63, 3.8) is 0 Å². The van der Waals surface area contributed by atoms with Gasteiger partial charge in [-0.05, 0) is 68.8 Å². The molecule has 4 heteroatoms. The average molecular weight is 321 g/mol. The van der Waals surface area contributed by atoms with Crippen LogP contribution in [0.5, 0.6) is 5.75 Å². The van der Waals surface area contributed by atoms with Crippen LogP contribution >= 0.6 is 0 Å². The summed E-state index contributed by atoms with van der Waals surface area (Å²) < 4.78 is 5.45. The van der Waals surface area contributed by atoms with Gasteiger partial charge in [-0.15, -0.1) is 0 Å². The summed E-state index contributed by atoms with van der Waals surface area (Å²) in [5, 5.41) is 1.26. The van der Waals surface area contributed by atoms with Gasteiger partial charge in [0.2, 0.25) is 0 Å². The van der Waals surface area contributed by atoms with Crippen molar-refractivity contribution < 1.29 is 4.74 Å². The van der Waals surface area contributed by atoms with Gasteiger partial charge in [-0.2, -0.15) is 0 Å². The second kappa shape index (κ2) is 6.29. The van der Waals surface area contributed by atoms with Crippen molar-refractivity contribution in [2.45, 2.75) is 25.3 Å². The maximum absolute atomic E-state index is 5.45. The lowest BCUT2D eigenvalue weighted by Crippen LogP contribution is -2.26. The Morgan fingerprint density at radius 1 is 1.33 bits per heavy atom. The summed E-state index contributed by atoms with van der Waals surface area (Å²) in [6.07, 6.45) is 7.35. The first-order chi connectivity index (χ1) is 11.8. The molecule has 24 heavy (non-hydrogen) atoms. The zero-order valence-corrected chi connectivity index (χ0v) is 14.2. The lowest BCUT2D eigenvalue weighted by atomic mass is 9.98. The molecule has 4 nitrogen and oxygen atoms in total. The second-order valence-corrected chi connectivity index (χ2v) is 6.61. The van der Waals surface area contributed by atoms with Gasteiger partial charge in [-0.3, -0.25) is 4.98 Å². The minimum atomic E-state index is 0.602. The Balaban J connectivity index is 1.85. The topological polar surface area (TPSA) is 41.1 Å². The number of hydrogen-bond donors (Lipinski definition) is 1. The lowest BCUT2D eigenvalue weighted by Gasteiger charge is -2.20. The van der Waals surface area contributed by atoms with Crippen LogP contribution in [-0.2, 0) is 6.42 Å². The standard InChI is InChI=1S/C20H23N3O/c1-23-10-4-6-15(23)11-18-17-12-16(24-2)7-8-19(17)22-20(18)14-5-3-9-21-13-14/h3,5,7-9,12-13,15,22H,4,6,10-11H2,1-2H3/t15-/m1/s1. The highest BCUT2D eigenvalue weighted by Gasteiger charge is 2.24. The number of ether oxygens (including phenoxy) is 1. The second-order valence-electron chi connectivity index (χ2n) is 6.61. The number of nitrogens with zero attached hydrogens (tertiary/aromatic N) is 2. The predicted molar refractivity (Wildman–Crippen MR) is 97.4 cm³/mol. The molecule has 4 rings (SSSR count). The number of aromatic nitrogens is 2. The molecule has 0 saturated carbocycles. The Kier molecular flexibility index (Phi) is 3.98. The summed E-state index contributed by atoms with van der Waals surface area (Å²) in [4.78, 5) is 10.4. The average Bonchev–Trinajstić information content (AvgIpc) is 3.19. The van der Waals surface area contributed by atoms with E-state index in [9.17, 15) is 0 Å². The molecule has 0 bridgehead atoms. The van der Waals surface area contributed by atoms with Crippen LogP contribution in [0.3, 0.4) is 0 Å². The van der Waals surface area contributed by atoms with Crippen molar-refractivity contribution in [2.24, 2.45) is 0 Å². The van der Waals surface area contributed by atoms with E-state index in [1.54, 1.807) is 7.11 Å². The van der Waals surface area contributed by atoms with Crippen molar-refractivity contribution in [1.29, 1.82) is 0 Å². The number of likely N-dealkylation sites (tertiary alicyclic amines) is 1. The normalized spacial score (nSPS) is 18.3. The maximum atomic E-state index is 5.45. The zero-order chi connectivity index (χ0) is 16.5. The third kappa shape index (κ3) is 2.67. The molecule has 0 spiro atoms. The number of benzene rings is 1. The van der Waals surface area contributed by atoms with Gasteiger partial charge in [0.15, 0.2) is 0 Å². The highest BCUT2D eigenvalue weighted by molar-refractivity contribution is 5.91. The van der Waals surface area contributed by atoms with Crippen LogP contribution in [0.4, 0.5) is 0 Å². The first-order valence-electron chi connectivity index (χ1n) is 8.55.